The Balaban J connectivity index is 0.000000500. The molecule has 0 fully saturated rings. The van der Waals surface area contributed by atoms with E-state index in [2.05, 4.69) is 15.4 Å². The van der Waals surface area contributed by atoms with Gasteiger partial charge in [-0.1, -0.05) is 12.1 Å². The Hall–Kier alpha value is -0.614. The molecule has 2 rings (SSSR count). The summed E-state index contributed by atoms with van der Waals surface area (Å²) in [5.41, 5.74) is 1.83. The Bertz CT molecular complexity index is 287. The fourth-order valence-electron chi connectivity index (χ4n) is 0.786. The first kappa shape index (κ1) is 7.49. The van der Waals surface area contributed by atoms with E-state index in [1.807, 2.05) is 24.3 Å². The molecule has 1 N–H and O–H groups in total. The molecular formula is C6H5MgN3. The van der Waals surface area contributed by atoms with Crippen molar-refractivity contribution in [2.24, 2.45) is 0 Å². The molecule has 0 saturated carbocycles. The summed E-state index contributed by atoms with van der Waals surface area (Å²) >= 11 is 0. The first-order valence-electron chi connectivity index (χ1n) is 2.72. The monoisotopic (exact) mass is 143 g/mol. The number of rotatable bonds is 0. The summed E-state index contributed by atoms with van der Waals surface area (Å²) in [6.07, 6.45) is 0. The van der Waals surface area contributed by atoms with E-state index in [9.17, 15) is 0 Å². The van der Waals surface area contributed by atoms with E-state index in [0.29, 0.717) is 0 Å². The lowest BCUT2D eigenvalue weighted by molar-refractivity contribution is 0.959. The lowest BCUT2D eigenvalue weighted by Gasteiger charge is -1.78. The highest BCUT2D eigenvalue weighted by Crippen LogP contribution is 2.03. The van der Waals surface area contributed by atoms with Crippen LogP contribution in [-0.4, -0.2) is 38.5 Å². The Morgan fingerprint density at radius 3 is 2.00 bits per heavy atom. The van der Waals surface area contributed by atoms with Gasteiger partial charge >= 0.3 is 0 Å². The Morgan fingerprint density at radius 2 is 1.50 bits per heavy atom. The molecule has 1 heterocycles. The molecule has 3 nitrogen and oxygen atoms in total. The molecule has 0 saturated heterocycles. The van der Waals surface area contributed by atoms with Crippen LogP contribution >= 0.6 is 0 Å². The van der Waals surface area contributed by atoms with Crippen molar-refractivity contribution in [2.75, 3.05) is 0 Å². The standard InChI is InChI=1S/C6H5N3.Mg/c1-2-4-6-5(3-1)7-9-8-6;/h1-4H,(H,7,8,9);. The molecule has 0 bridgehead atoms. The number of hydrogen-bond acceptors (Lipinski definition) is 2. The number of hydrogen-bond donors (Lipinski definition) is 1. The average Bonchev–Trinajstić information content (AvgIpc) is 2.33. The zero-order valence-electron chi connectivity index (χ0n) is 5.41. The minimum Gasteiger partial charge on any atom is -0.197 e. The fraction of sp³-hybridized carbons (Fsp3) is 0. The first-order chi connectivity index (χ1) is 4.47. The summed E-state index contributed by atoms with van der Waals surface area (Å²) in [5.74, 6) is 0. The Morgan fingerprint density at radius 1 is 1.00 bits per heavy atom. The van der Waals surface area contributed by atoms with Gasteiger partial charge in [-0.2, -0.15) is 15.4 Å². The van der Waals surface area contributed by atoms with Crippen LogP contribution in [0.25, 0.3) is 11.0 Å². The van der Waals surface area contributed by atoms with E-state index in [-0.39, 0.29) is 23.1 Å². The molecule has 0 aliphatic heterocycles. The van der Waals surface area contributed by atoms with E-state index in [1.54, 1.807) is 0 Å². The number of benzene rings is 1. The molecule has 1 aromatic heterocycles. The van der Waals surface area contributed by atoms with Crippen LogP contribution < -0.4 is 0 Å². The molecule has 2 radical (unpaired) electrons. The number of aromatic amines is 1. The van der Waals surface area contributed by atoms with E-state index < -0.39 is 0 Å². The van der Waals surface area contributed by atoms with E-state index in [0.717, 1.165) is 11.0 Å². The maximum absolute atomic E-state index is 3.88. The SMILES string of the molecule is [Mg].c1ccc2n[nH]nc2c1. The van der Waals surface area contributed by atoms with Gasteiger partial charge in [0.2, 0.25) is 0 Å². The molecule has 46 valence electrons. The second-order valence-electron chi connectivity index (χ2n) is 1.81. The van der Waals surface area contributed by atoms with Crippen molar-refractivity contribution in [1.29, 1.82) is 0 Å². The van der Waals surface area contributed by atoms with Crippen LogP contribution in [0.5, 0.6) is 0 Å². The molecule has 0 spiro atoms. The molecule has 0 aliphatic carbocycles. The van der Waals surface area contributed by atoms with Gasteiger partial charge in [-0.25, -0.2) is 0 Å². The third-order valence-electron chi connectivity index (χ3n) is 1.22. The van der Waals surface area contributed by atoms with Gasteiger partial charge in [0.15, 0.2) is 0 Å². The summed E-state index contributed by atoms with van der Waals surface area (Å²) in [7, 11) is 0. The van der Waals surface area contributed by atoms with Gasteiger partial charge in [-0.3, -0.25) is 0 Å². The summed E-state index contributed by atoms with van der Waals surface area (Å²) < 4.78 is 0. The summed E-state index contributed by atoms with van der Waals surface area (Å²) in [5, 5.41) is 10.3. The second kappa shape index (κ2) is 2.98. The van der Waals surface area contributed by atoms with Gasteiger partial charge < -0.3 is 0 Å². The number of nitrogens with zero attached hydrogens (tertiary/aromatic N) is 2. The number of para-hydroxylation sites is 2. The highest BCUT2D eigenvalue weighted by atomic mass is 24.3. The first-order valence-corrected chi connectivity index (χ1v) is 2.72. The molecule has 0 atom stereocenters. The zero-order valence-corrected chi connectivity index (χ0v) is 6.83. The fourth-order valence-corrected chi connectivity index (χ4v) is 0.786. The van der Waals surface area contributed by atoms with Crippen LogP contribution in [0.3, 0.4) is 0 Å². The molecule has 4 heteroatoms. The van der Waals surface area contributed by atoms with Crippen molar-refractivity contribution < 1.29 is 0 Å². The predicted octanol–water partition coefficient (Wildman–Crippen LogP) is 0.577. The highest BCUT2D eigenvalue weighted by Gasteiger charge is 1.90. The van der Waals surface area contributed by atoms with E-state index >= 15 is 0 Å². The van der Waals surface area contributed by atoms with Gasteiger partial charge in [0.05, 0.1) is 0 Å². The van der Waals surface area contributed by atoms with Crippen molar-refractivity contribution in [1.82, 2.24) is 15.4 Å². The topological polar surface area (TPSA) is 41.6 Å². The minimum absolute atomic E-state index is 0. The zero-order chi connectivity index (χ0) is 6.10. The molecule has 0 amide bonds. The van der Waals surface area contributed by atoms with Crippen molar-refractivity contribution in [2.45, 2.75) is 0 Å². The lowest BCUT2D eigenvalue weighted by atomic mass is 10.3. The maximum Gasteiger partial charge on any atom is 0.112 e. The van der Waals surface area contributed by atoms with E-state index in [1.165, 1.54) is 0 Å². The molecule has 2 aromatic rings. The third kappa shape index (κ3) is 1.12. The van der Waals surface area contributed by atoms with Gasteiger partial charge in [-0.15, -0.1) is 0 Å². The smallest absolute Gasteiger partial charge is 0.112 e. The largest absolute Gasteiger partial charge is 0.197 e. The van der Waals surface area contributed by atoms with Crippen molar-refractivity contribution >= 4 is 34.1 Å². The van der Waals surface area contributed by atoms with Crippen molar-refractivity contribution in [3.8, 4) is 0 Å². The quantitative estimate of drug-likeness (QED) is 0.548. The van der Waals surface area contributed by atoms with Gasteiger partial charge in [-0.05, 0) is 12.1 Å². The number of H-pyrrole nitrogens is 1. The molecule has 10 heavy (non-hydrogen) atoms. The van der Waals surface area contributed by atoms with Gasteiger partial charge in [0, 0.05) is 23.1 Å². The van der Waals surface area contributed by atoms with Crippen molar-refractivity contribution in [3.05, 3.63) is 24.3 Å². The highest BCUT2D eigenvalue weighted by molar-refractivity contribution is 5.75. The van der Waals surface area contributed by atoms with Crippen LogP contribution in [0.4, 0.5) is 0 Å². The minimum atomic E-state index is 0. The molecule has 1 aromatic carbocycles. The summed E-state index contributed by atoms with van der Waals surface area (Å²) in [4.78, 5) is 0. The molecular weight excluding hydrogens is 138 g/mol. The number of nitrogens with one attached hydrogen (secondary N) is 1. The molecule has 0 aliphatic rings. The number of aromatic nitrogens is 3. The average molecular weight is 143 g/mol. The Labute approximate surface area is 74.0 Å². The van der Waals surface area contributed by atoms with Crippen LogP contribution in [0.15, 0.2) is 24.3 Å². The number of fused-ring (bicyclic) bond motifs is 1. The predicted molar refractivity (Wildman–Crippen MR) is 39.6 cm³/mol. The van der Waals surface area contributed by atoms with Crippen molar-refractivity contribution in [3.63, 3.8) is 0 Å². The maximum atomic E-state index is 3.88. The molecule has 0 unspecified atom stereocenters. The summed E-state index contributed by atoms with van der Waals surface area (Å²) in [6, 6.07) is 7.70. The van der Waals surface area contributed by atoms with Gasteiger partial charge in [0.1, 0.15) is 11.0 Å². The second-order valence-corrected chi connectivity index (χ2v) is 1.81. The van der Waals surface area contributed by atoms with Gasteiger partial charge in [0.25, 0.3) is 0 Å². The Kier molecular flexibility index (Phi) is 2.23. The van der Waals surface area contributed by atoms with Crippen LogP contribution in [-0.2, 0) is 0 Å². The van der Waals surface area contributed by atoms with Crippen LogP contribution in [0.2, 0.25) is 0 Å². The summed E-state index contributed by atoms with van der Waals surface area (Å²) in [6.45, 7) is 0. The van der Waals surface area contributed by atoms with Crippen LogP contribution in [0.1, 0.15) is 0 Å². The lowest BCUT2D eigenvalue weighted by Crippen LogP contribution is -1.63. The normalized spacial score (nSPS) is 9.20. The van der Waals surface area contributed by atoms with E-state index in [4.69, 9.17) is 0 Å². The third-order valence-corrected chi connectivity index (χ3v) is 1.22. The van der Waals surface area contributed by atoms with Crippen LogP contribution in [0, 0.1) is 0 Å².